The van der Waals surface area contributed by atoms with Crippen LogP contribution in [0.3, 0.4) is 0 Å². The van der Waals surface area contributed by atoms with Gasteiger partial charge in [-0.15, -0.1) is 11.8 Å². The van der Waals surface area contributed by atoms with Crippen molar-refractivity contribution in [3.63, 3.8) is 0 Å². The number of carbonyl (C=O) groups is 1. The van der Waals surface area contributed by atoms with Crippen molar-refractivity contribution in [2.24, 2.45) is 0 Å². The molecule has 0 aliphatic heterocycles. The van der Waals surface area contributed by atoms with Crippen molar-refractivity contribution in [3.05, 3.63) is 35.9 Å². The first kappa shape index (κ1) is 15.3. The molecule has 3 nitrogen and oxygen atoms in total. The van der Waals surface area contributed by atoms with Crippen LogP contribution in [0.5, 0.6) is 0 Å². The molecule has 0 N–H and O–H groups in total. The van der Waals surface area contributed by atoms with Crippen molar-refractivity contribution in [1.29, 1.82) is 0 Å². The molecular weight excluding hydrogens is 238 g/mol. The van der Waals surface area contributed by atoms with E-state index in [-0.39, 0.29) is 5.97 Å². The molecule has 1 aromatic rings. The lowest BCUT2D eigenvalue weighted by molar-refractivity contribution is -0.144. The van der Waals surface area contributed by atoms with Gasteiger partial charge in [-0.3, -0.25) is 9.69 Å². The van der Waals surface area contributed by atoms with Gasteiger partial charge in [0.1, 0.15) is 0 Å². The number of nitrogens with zero attached hydrogens (tertiary/aromatic N) is 1. The summed E-state index contributed by atoms with van der Waals surface area (Å²) in [5, 5.41) is 0. The summed E-state index contributed by atoms with van der Waals surface area (Å²) in [5.74, 6) is 5.72. The predicted molar refractivity (Wildman–Crippen MR) is 76.4 cm³/mol. The Morgan fingerprint density at radius 2 is 2.05 bits per heavy atom. The summed E-state index contributed by atoms with van der Waals surface area (Å²) >= 11 is 0. The summed E-state index contributed by atoms with van der Waals surface area (Å²) in [7, 11) is 0. The molecular formula is C16H21NO2. The molecule has 102 valence electrons. The maximum Gasteiger partial charge on any atom is 0.320 e. The Bertz CT molecular complexity index is 431. The molecule has 0 heterocycles. The highest BCUT2D eigenvalue weighted by Crippen LogP contribution is 2.05. The van der Waals surface area contributed by atoms with Gasteiger partial charge in [0.25, 0.3) is 0 Å². The molecule has 1 aromatic carbocycles. The van der Waals surface area contributed by atoms with Gasteiger partial charge in [-0.1, -0.05) is 30.3 Å². The smallest absolute Gasteiger partial charge is 0.320 e. The lowest BCUT2D eigenvalue weighted by atomic mass is 10.2. The van der Waals surface area contributed by atoms with Crippen molar-refractivity contribution >= 4 is 5.97 Å². The quantitative estimate of drug-likeness (QED) is 0.556. The highest BCUT2D eigenvalue weighted by Gasteiger charge is 2.11. The zero-order valence-corrected chi connectivity index (χ0v) is 11.7. The highest BCUT2D eigenvalue weighted by molar-refractivity contribution is 5.71. The topological polar surface area (TPSA) is 29.5 Å². The average Bonchev–Trinajstić information content (AvgIpc) is 2.40. The van der Waals surface area contributed by atoms with E-state index in [0.717, 1.165) is 19.5 Å². The van der Waals surface area contributed by atoms with E-state index in [1.54, 1.807) is 0 Å². The van der Waals surface area contributed by atoms with E-state index in [9.17, 15) is 4.79 Å². The molecule has 0 radical (unpaired) electrons. The van der Waals surface area contributed by atoms with Gasteiger partial charge in [0.05, 0.1) is 13.2 Å². The molecule has 1 rings (SSSR count). The standard InChI is InChI=1S/C16H21NO2/c1-3-5-9-12-17(14-16(18)19-4-2)13-15-10-7-6-8-11-15/h6-8,10-11H,4,9,12-14H2,1-2H3. The third kappa shape index (κ3) is 6.64. The van der Waals surface area contributed by atoms with Gasteiger partial charge in [-0.2, -0.15) is 0 Å². The first-order valence-electron chi connectivity index (χ1n) is 6.57. The molecule has 0 amide bonds. The predicted octanol–water partition coefficient (Wildman–Crippen LogP) is 2.47. The average molecular weight is 259 g/mol. The van der Waals surface area contributed by atoms with Crippen LogP contribution >= 0.6 is 0 Å². The van der Waals surface area contributed by atoms with Crippen LogP contribution < -0.4 is 0 Å². The van der Waals surface area contributed by atoms with Crippen LogP contribution in [0.4, 0.5) is 0 Å². The lowest BCUT2D eigenvalue weighted by Crippen LogP contribution is -2.31. The molecule has 0 fully saturated rings. The molecule has 0 atom stereocenters. The Kier molecular flexibility index (Phi) is 7.38. The van der Waals surface area contributed by atoms with E-state index in [0.29, 0.717) is 13.2 Å². The fourth-order valence-electron chi connectivity index (χ4n) is 1.78. The molecule has 19 heavy (non-hydrogen) atoms. The van der Waals surface area contributed by atoms with Crippen LogP contribution in [0.2, 0.25) is 0 Å². The summed E-state index contributed by atoms with van der Waals surface area (Å²) < 4.78 is 5.00. The minimum absolute atomic E-state index is 0.178. The number of hydrogen-bond donors (Lipinski definition) is 0. The molecule has 0 aromatic heterocycles. The van der Waals surface area contributed by atoms with E-state index < -0.39 is 0 Å². The Labute approximate surface area is 115 Å². The minimum Gasteiger partial charge on any atom is -0.465 e. The van der Waals surface area contributed by atoms with Crippen LogP contribution in [-0.4, -0.2) is 30.6 Å². The van der Waals surface area contributed by atoms with Crippen molar-refractivity contribution in [3.8, 4) is 11.8 Å². The third-order valence-electron chi connectivity index (χ3n) is 2.64. The van der Waals surface area contributed by atoms with E-state index in [4.69, 9.17) is 4.74 Å². The summed E-state index contributed by atoms with van der Waals surface area (Å²) in [5.41, 5.74) is 1.19. The summed E-state index contributed by atoms with van der Waals surface area (Å²) in [6, 6.07) is 10.1. The number of rotatable bonds is 7. The van der Waals surface area contributed by atoms with Crippen molar-refractivity contribution in [2.45, 2.75) is 26.8 Å². The SMILES string of the molecule is CC#CCCN(CC(=O)OCC)Cc1ccccc1. The molecule has 0 aliphatic rings. The first-order valence-corrected chi connectivity index (χ1v) is 6.57. The van der Waals surface area contributed by atoms with Crippen LogP contribution in [0.25, 0.3) is 0 Å². The second-order valence-corrected chi connectivity index (χ2v) is 4.18. The zero-order valence-electron chi connectivity index (χ0n) is 11.7. The van der Waals surface area contributed by atoms with Crippen molar-refractivity contribution < 1.29 is 9.53 Å². The fraction of sp³-hybridized carbons (Fsp3) is 0.438. The van der Waals surface area contributed by atoms with E-state index >= 15 is 0 Å². The monoisotopic (exact) mass is 259 g/mol. The largest absolute Gasteiger partial charge is 0.465 e. The van der Waals surface area contributed by atoms with Crippen LogP contribution in [0, 0.1) is 11.8 Å². The van der Waals surface area contributed by atoms with Crippen LogP contribution in [0.1, 0.15) is 25.8 Å². The van der Waals surface area contributed by atoms with E-state index in [1.165, 1.54) is 5.56 Å². The third-order valence-corrected chi connectivity index (χ3v) is 2.64. The van der Waals surface area contributed by atoms with Gasteiger partial charge in [0, 0.05) is 19.5 Å². The van der Waals surface area contributed by atoms with Crippen LogP contribution in [0.15, 0.2) is 30.3 Å². The van der Waals surface area contributed by atoms with Crippen LogP contribution in [-0.2, 0) is 16.1 Å². The van der Waals surface area contributed by atoms with Gasteiger partial charge in [-0.05, 0) is 19.4 Å². The summed E-state index contributed by atoms with van der Waals surface area (Å²) in [6.45, 7) is 5.90. The Morgan fingerprint density at radius 3 is 2.68 bits per heavy atom. The molecule has 0 unspecified atom stereocenters. The molecule has 0 saturated carbocycles. The summed E-state index contributed by atoms with van der Waals surface area (Å²) in [4.78, 5) is 13.6. The maximum atomic E-state index is 11.6. The number of carbonyl (C=O) groups excluding carboxylic acids is 1. The minimum atomic E-state index is -0.178. The van der Waals surface area contributed by atoms with Gasteiger partial charge in [0.15, 0.2) is 0 Å². The zero-order chi connectivity index (χ0) is 13.9. The van der Waals surface area contributed by atoms with E-state index in [2.05, 4.69) is 28.9 Å². The van der Waals surface area contributed by atoms with Gasteiger partial charge in [-0.25, -0.2) is 0 Å². The Hall–Kier alpha value is -1.79. The highest BCUT2D eigenvalue weighted by atomic mass is 16.5. The second kappa shape index (κ2) is 9.18. The maximum absolute atomic E-state index is 11.6. The molecule has 3 heteroatoms. The molecule has 0 bridgehead atoms. The number of hydrogen-bond acceptors (Lipinski definition) is 3. The molecule has 0 aliphatic carbocycles. The van der Waals surface area contributed by atoms with Crippen molar-refractivity contribution in [2.75, 3.05) is 19.7 Å². The first-order chi connectivity index (χ1) is 9.26. The molecule has 0 saturated heterocycles. The summed E-state index contributed by atoms with van der Waals surface area (Å²) in [6.07, 6.45) is 0.767. The number of benzene rings is 1. The molecule has 0 spiro atoms. The Balaban J connectivity index is 2.57. The number of ether oxygens (including phenoxy) is 1. The fourth-order valence-corrected chi connectivity index (χ4v) is 1.78. The van der Waals surface area contributed by atoms with Crippen molar-refractivity contribution in [1.82, 2.24) is 4.90 Å². The number of esters is 1. The van der Waals surface area contributed by atoms with Gasteiger partial charge in [0.2, 0.25) is 0 Å². The second-order valence-electron chi connectivity index (χ2n) is 4.18. The Morgan fingerprint density at radius 1 is 1.32 bits per heavy atom. The lowest BCUT2D eigenvalue weighted by Gasteiger charge is -2.20. The van der Waals surface area contributed by atoms with Gasteiger partial charge < -0.3 is 4.74 Å². The normalized spacial score (nSPS) is 9.84. The van der Waals surface area contributed by atoms with Gasteiger partial charge >= 0.3 is 5.97 Å². The van der Waals surface area contributed by atoms with E-state index in [1.807, 2.05) is 32.0 Å².